The highest BCUT2D eigenvalue weighted by Gasteiger charge is 2.75. The van der Waals surface area contributed by atoms with Gasteiger partial charge in [0.15, 0.2) is 17.3 Å². The minimum Gasteiger partial charge on any atom is -0.390 e. The predicted molar refractivity (Wildman–Crippen MR) is 83.5 cm³/mol. The molecule has 0 aliphatic carbocycles. The van der Waals surface area contributed by atoms with E-state index in [1.165, 1.54) is 0 Å². The summed E-state index contributed by atoms with van der Waals surface area (Å²) in [6.45, 7) is 2.46. The van der Waals surface area contributed by atoms with E-state index < -0.39 is 56.8 Å². The van der Waals surface area contributed by atoms with E-state index in [2.05, 4.69) is 15.9 Å². The summed E-state index contributed by atoms with van der Waals surface area (Å²) in [5.41, 5.74) is -11.6. The first-order valence-corrected chi connectivity index (χ1v) is 7.64. The fourth-order valence-electron chi connectivity index (χ4n) is 2.35. The quantitative estimate of drug-likeness (QED) is 0.190. The highest BCUT2D eigenvalue weighted by Crippen LogP contribution is 2.39. The number of aliphatic hydroxyl groups excluding tert-OH is 2. The third-order valence-electron chi connectivity index (χ3n) is 3.94. The molecule has 0 aliphatic heterocycles. The van der Waals surface area contributed by atoms with Gasteiger partial charge in [-0.15, -0.1) is 0 Å². The first-order chi connectivity index (χ1) is 11.0. The van der Waals surface area contributed by atoms with Crippen molar-refractivity contribution < 1.29 is 49.5 Å². The standard InChI is InChI=1S/C14H19BrO10/c1-5(16)9(20)10(21)12(23,6(2)17)14(25,8(4)19)13(24,7(3)18)11(15)22/h5,9,16,20,23-25H,1-4H3/t5?,9?,12-,13-,14+/m1/s1. The van der Waals surface area contributed by atoms with Crippen molar-refractivity contribution >= 4 is 43.8 Å². The van der Waals surface area contributed by atoms with Crippen LogP contribution < -0.4 is 0 Å². The van der Waals surface area contributed by atoms with E-state index in [0.29, 0.717) is 20.8 Å². The molecular weight excluding hydrogens is 408 g/mol. The zero-order chi connectivity index (χ0) is 20.5. The second-order valence-corrected chi connectivity index (χ2v) is 6.34. The molecule has 0 fully saturated rings. The van der Waals surface area contributed by atoms with Gasteiger partial charge < -0.3 is 25.5 Å². The average molecular weight is 427 g/mol. The largest absolute Gasteiger partial charge is 0.390 e. The number of carbonyl (C=O) groups is 5. The minimum atomic E-state index is -3.98. The van der Waals surface area contributed by atoms with Crippen LogP contribution in [0.25, 0.3) is 0 Å². The van der Waals surface area contributed by atoms with Crippen LogP contribution in [0.1, 0.15) is 27.7 Å². The predicted octanol–water partition coefficient (Wildman–Crippen LogP) is -2.82. The lowest BCUT2D eigenvalue weighted by atomic mass is 9.63. The molecule has 0 aliphatic rings. The number of halogens is 1. The van der Waals surface area contributed by atoms with Gasteiger partial charge >= 0.3 is 0 Å². The highest BCUT2D eigenvalue weighted by atomic mass is 79.9. The van der Waals surface area contributed by atoms with E-state index in [4.69, 9.17) is 0 Å². The summed E-state index contributed by atoms with van der Waals surface area (Å²) in [6, 6.07) is 0. The number of ketones is 4. The summed E-state index contributed by atoms with van der Waals surface area (Å²) >= 11 is 2.19. The Morgan fingerprint density at radius 3 is 1.36 bits per heavy atom. The van der Waals surface area contributed by atoms with E-state index in [1.54, 1.807) is 0 Å². The molecule has 0 saturated carbocycles. The van der Waals surface area contributed by atoms with Gasteiger partial charge in [-0.3, -0.25) is 24.0 Å². The molecule has 0 aromatic carbocycles. The third-order valence-corrected chi connectivity index (χ3v) is 4.52. The van der Waals surface area contributed by atoms with Crippen molar-refractivity contribution in [1.29, 1.82) is 0 Å². The molecule has 0 bridgehead atoms. The Bertz CT molecular complexity index is 613. The van der Waals surface area contributed by atoms with Gasteiger partial charge in [0.1, 0.15) is 6.10 Å². The summed E-state index contributed by atoms with van der Waals surface area (Å²) in [4.78, 5) is 59.9. The van der Waals surface area contributed by atoms with Crippen LogP contribution in [0.2, 0.25) is 0 Å². The second kappa shape index (κ2) is 7.48. The SMILES string of the molecule is CC(=O)[C@@](O)(C(=O)Br)[C@](O)(C(C)=O)[C@@](O)(C(C)=O)C(=O)C(O)C(C)O. The summed E-state index contributed by atoms with van der Waals surface area (Å²) in [6.07, 6.45) is -4.35. The van der Waals surface area contributed by atoms with Crippen molar-refractivity contribution in [3.8, 4) is 0 Å². The Morgan fingerprint density at radius 1 is 0.800 bits per heavy atom. The Labute approximate surface area is 150 Å². The van der Waals surface area contributed by atoms with Gasteiger partial charge in [0, 0.05) is 0 Å². The van der Waals surface area contributed by atoms with Crippen LogP contribution in [-0.4, -0.2) is 82.4 Å². The first-order valence-electron chi connectivity index (χ1n) is 6.85. The van der Waals surface area contributed by atoms with Crippen molar-refractivity contribution in [3.05, 3.63) is 0 Å². The fraction of sp³-hybridized carbons (Fsp3) is 0.643. The summed E-state index contributed by atoms with van der Waals surface area (Å²) in [5.74, 6) is -6.92. The second-order valence-electron chi connectivity index (χ2n) is 5.62. The van der Waals surface area contributed by atoms with E-state index >= 15 is 0 Å². The van der Waals surface area contributed by atoms with Gasteiger partial charge in [0.25, 0.3) is 0 Å². The maximum atomic E-state index is 12.3. The molecule has 0 radical (unpaired) electrons. The molecule has 5 N–H and O–H groups in total. The lowest BCUT2D eigenvalue weighted by molar-refractivity contribution is -0.224. The summed E-state index contributed by atoms with van der Waals surface area (Å²) in [5, 5.41) is 50.6. The monoisotopic (exact) mass is 426 g/mol. The maximum Gasteiger partial charge on any atom is 0.240 e. The van der Waals surface area contributed by atoms with Gasteiger partial charge in [-0.2, -0.15) is 0 Å². The highest BCUT2D eigenvalue weighted by molar-refractivity contribution is 9.18. The molecule has 0 aromatic heterocycles. The number of hydrogen-bond acceptors (Lipinski definition) is 10. The molecule has 10 nitrogen and oxygen atoms in total. The maximum absolute atomic E-state index is 12.3. The average Bonchev–Trinajstić information content (AvgIpc) is 2.49. The fourth-order valence-corrected chi connectivity index (χ4v) is 2.91. The number of rotatable bonds is 9. The van der Waals surface area contributed by atoms with Crippen LogP contribution in [0.15, 0.2) is 0 Å². The van der Waals surface area contributed by atoms with Gasteiger partial charge in [0.05, 0.1) is 6.10 Å². The molecule has 0 heterocycles. The van der Waals surface area contributed by atoms with Gasteiger partial charge in [-0.1, -0.05) is 0 Å². The molecule has 0 rings (SSSR count). The van der Waals surface area contributed by atoms with Crippen LogP contribution in [-0.2, 0) is 24.0 Å². The number of carbonyl (C=O) groups excluding carboxylic acids is 5. The smallest absolute Gasteiger partial charge is 0.240 e. The Balaban J connectivity index is 7.07. The van der Waals surface area contributed by atoms with Crippen molar-refractivity contribution in [1.82, 2.24) is 0 Å². The Hall–Kier alpha value is -1.37. The molecule has 25 heavy (non-hydrogen) atoms. The molecule has 0 spiro atoms. The molecule has 142 valence electrons. The lowest BCUT2D eigenvalue weighted by Crippen LogP contribution is -2.80. The van der Waals surface area contributed by atoms with Crippen molar-refractivity contribution in [2.75, 3.05) is 0 Å². The zero-order valence-electron chi connectivity index (χ0n) is 13.8. The van der Waals surface area contributed by atoms with E-state index in [9.17, 15) is 49.5 Å². The van der Waals surface area contributed by atoms with Crippen LogP contribution in [0.3, 0.4) is 0 Å². The summed E-state index contributed by atoms with van der Waals surface area (Å²) < 4.78 is -1.72. The normalized spacial score (nSPS) is 21.0. The van der Waals surface area contributed by atoms with Gasteiger partial charge in [0.2, 0.25) is 27.3 Å². The number of hydrogen-bond donors (Lipinski definition) is 5. The van der Waals surface area contributed by atoms with Crippen LogP contribution in [0.4, 0.5) is 0 Å². The molecule has 0 aromatic rings. The van der Waals surface area contributed by atoms with Crippen LogP contribution >= 0.6 is 15.9 Å². The first kappa shape index (κ1) is 23.6. The van der Waals surface area contributed by atoms with Gasteiger partial charge in [-0.05, 0) is 43.6 Å². The van der Waals surface area contributed by atoms with Crippen LogP contribution in [0, 0.1) is 0 Å². The van der Waals surface area contributed by atoms with Crippen molar-refractivity contribution in [2.24, 2.45) is 0 Å². The van der Waals surface area contributed by atoms with E-state index in [0.717, 1.165) is 6.92 Å². The van der Waals surface area contributed by atoms with Crippen molar-refractivity contribution in [3.63, 3.8) is 0 Å². The lowest BCUT2D eigenvalue weighted by Gasteiger charge is -2.46. The van der Waals surface area contributed by atoms with E-state index in [1.807, 2.05) is 0 Å². The Morgan fingerprint density at radius 2 is 1.16 bits per heavy atom. The van der Waals surface area contributed by atoms with E-state index in [-0.39, 0.29) is 0 Å². The number of aliphatic hydroxyl groups is 5. The number of Topliss-reactive ketones (excluding diaryl/α,β-unsaturated/α-hetero) is 4. The molecule has 5 atom stereocenters. The Kier molecular flexibility index (Phi) is 7.07. The van der Waals surface area contributed by atoms with Crippen LogP contribution in [0.5, 0.6) is 0 Å². The topological polar surface area (TPSA) is 186 Å². The third kappa shape index (κ3) is 3.23. The van der Waals surface area contributed by atoms with Gasteiger partial charge in [-0.25, -0.2) is 0 Å². The molecular formula is C14H19BrO10. The van der Waals surface area contributed by atoms with Crippen molar-refractivity contribution in [2.45, 2.75) is 56.7 Å². The molecule has 11 heteroatoms. The molecule has 2 unspecified atom stereocenters. The molecule has 0 saturated heterocycles. The zero-order valence-corrected chi connectivity index (χ0v) is 15.4. The molecule has 0 amide bonds. The minimum absolute atomic E-state index is 0.500. The summed E-state index contributed by atoms with van der Waals surface area (Å²) in [7, 11) is 0.